The van der Waals surface area contributed by atoms with Gasteiger partial charge in [-0.05, 0) is 29.8 Å². The summed E-state index contributed by atoms with van der Waals surface area (Å²) in [5, 5.41) is 1.20. The third kappa shape index (κ3) is 4.59. The highest BCUT2D eigenvalue weighted by Gasteiger charge is 2.41. The van der Waals surface area contributed by atoms with Gasteiger partial charge in [0.05, 0.1) is 4.90 Å². The first-order chi connectivity index (χ1) is 15.9. The lowest BCUT2D eigenvalue weighted by atomic mass is 10.1. The number of hydrogen-bond donors (Lipinski definition) is 1. The van der Waals surface area contributed by atoms with E-state index in [0.717, 1.165) is 9.87 Å². The number of esters is 1. The number of benzene rings is 2. The van der Waals surface area contributed by atoms with Crippen molar-refractivity contribution in [3.63, 3.8) is 0 Å². The third-order valence-corrected chi connectivity index (χ3v) is 6.73. The number of fused-ring (bicyclic) bond motifs is 1. The van der Waals surface area contributed by atoms with Crippen molar-refractivity contribution in [3.05, 3.63) is 102 Å². The monoisotopic (exact) mass is 462 g/mol. The van der Waals surface area contributed by atoms with Crippen LogP contribution in [0.3, 0.4) is 0 Å². The van der Waals surface area contributed by atoms with Crippen LogP contribution in [0.25, 0.3) is 11.8 Å². The van der Waals surface area contributed by atoms with Crippen LogP contribution < -0.4 is 5.32 Å². The van der Waals surface area contributed by atoms with Crippen molar-refractivity contribution >= 4 is 39.6 Å². The van der Waals surface area contributed by atoms with Crippen LogP contribution in [0, 0.1) is 0 Å². The molecule has 0 bridgehead atoms. The van der Waals surface area contributed by atoms with Crippen molar-refractivity contribution in [2.45, 2.75) is 4.90 Å². The van der Waals surface area contributed by atoms with Gasteiger partial charge >= 0.3 is 11.9 Å². The van der Waals surface area contributed by atoms with E-state index in [9.17, 15) is 18.0 Å². The minimum absolute atomic E-state index is 0.0586. The molecule has 0 radical (unpaired) electrons. The fraction of sp³-hybridized carbons (Fsp3) is 0.0417. The van der Waals surface area contributed by atoms with Crippen molar-refractivity contribution in [1.29, 1.82) is 0 Å². The highest BCUT2D eigenvalue weighted by molar-refractivity contribution is 7.89. The summed E-state index contributed by atoms with van der Waals surface area (Å²) < 4.78 is 32.5. The number of carbonyl (C=O) groups excluding carboxylic acids is 2. The Balaban J connectivity index is 1.76. The van der Waals surface area contributed by atoms with Gasteiger partial charge in [-0.2, -0.15) is 0 Å². The predicted octanol–water partition coefficient (Wildman–Crippen LogP) is 2.06. The zero-order valence-corrected chi connectivity index (χ0v) is 18.4. The second-order valence-electron chi connectivity index (χ2n) is 7.07. The van der Waals surface area contributed by atoms with E-state index in [1.54, 1.807) is 36.4 Å². The molecule has 0 saturated heterocycles. The van der Waals surface area contributed by atoms with E-state index >= 15 is 0 Å². The van der Waals surface area contributed by atoms with Crippen LogP contribution >= 0.6 is 0 Å². The number of nitrogens with zero attached hydrogens (tertiary/aromatic N) is 2. The maximum absolute atomic E-state index is 13.2. The predicted molar refractivity (Wildman–Crippen MR) is 121 cm³/mol. The number of pyridine rings is 1. The molecule has 0 fully saturated rings. The number of aromatic nitrogens is 1. The molecule has 2 N–H and O–H groups in total. The normalized spacial score (nSPS) is 14.8. The molecule has 8 nitrogen and oxygen atoms in total. The molecule has 4 rings (SSSR count). The minimum Gasteiger partial charge on any atom is -0.420 e. The molecule has 0 spiro atoms. The molecule has 0 unspecified atom stereocenters. The summed E-state index contributed by atoms with van der Waals surface area (Å²) in [5.74, 6) is -1.21. The first-order valence-corrected chi connectivity index (χ1v) is 11.4. The van der Waals surface area contributed by atoms with Crippen molar-refractivity contribution in [2.24, 2.45) is 0 Å². The third-order valence-electron chi connectivity index (χ3n) is 4.91. The Hall–Kier alpha value is -4.08. The summed E-state index contributed by atoms with van der Waals surface area (Å²) >= 11 is 0. The van der Waals surface area contributed by atoms with E-state index in [2.05, 4.69) is 4.98 Å². The fourth-order valence-electron chi connectivity index (χ4n) is 3.31. The first-order valence-electron chi connectivity index (χ1n) is 9.95. The molecule has 3 aromatic rings. The molecule has 166 valence electrons. The summed E-state index contributed by atoms with van der Waals surface area (Å²) in [5.41, 5.74) is 0.641. The Morgan fingerprint density at radius 1 is 0.970 bits per heavy atom. The van der Waals surface area contributed by atoms with Gasteiger partial charge in [0.2, 0.25) is 11.5 Å². The highest BCUT2D eigenvalue weighted by Crippen LogP contribution is 2.36. The van der Waals surface area contributed by atoms with E-state index < -0.39 is 21.9 Å². The Kier molecular flexibility index (Phi) is 6.16. The van der Waals surface area contributed by atoms with E-state index in [-0.39, 0.29) is 21.9 Å². The largest absolute Gasteiger partial charge is 0.420 e. The lowest BCUT2D eigenvalue weighted by Crippen LogP contribution is -2.84. The molecule has 33 heavy (non-hydrogen) atoms. The molecule has 0 aliphatic carbocycles. The smallest absolute Gasteiger partial charge is 0.370 e. The number of carbonyl (C=O) groups is 2. The molecule has 2 heterocycles. The molecule has 0 saturated carbocycles. The van der Waals surface area contributed by atoms with Gasteiger partial charge in [0.15, 0.2) is 5.76 Å². The van der Waals surface area contributed by atoms with Crippen LogP contribution in [0.5, 0.6) is 0 Å². The number of ether oxygens (including phenoxy) is 1. The van der Waals surface area contributed by atoms with E-state index in [1.807, 2.05) is 30.3 Å². The minimum atomic E-state index is -4.03. The zero-order valence-electron chi connectivity index (χ0n) is 17.6. The Morgan fingerprint density at radius 2 is 1.67 bits per heavy atom. The van der Waals surface area contributed by atoms with Crippen molar-refractivity contribution < 1.29 is 28.1 Å². The molecule has 1 aliphatic rings. The topological polar surface area (TPSA) is 110 Å². The number of primary amides is 1. The Labute approximate surface area is 190 Å². The number of amides is 1. The lowest BCUT2D eigenvalue weighted by Gasteiger charge is -2.28. The van der Waals surface area contributed by atoms with Gasteiger partial charge < -0.3 is 4.74 Å². The highest BCUT2D eigenvalue weighted by atomic mass is 32.2. The van der Waals surface area contributed by atoms with E-state index in [1.165, 1.54) is 36.8 Å². The van der Waals surface area contributed by atoms with Gasteiger partial charge in [-0.3, -0.25) is 4.31 Å². The van der Waals surface area contributed by atoms with Crippen LogP contribution in [0.2, 0.25) is 0 Å². The van der Waals surface area contributed by atoms with Gasteiger partial charge in [-0.15, -0.1) is 0 Å². The molecule has 1 aromatic heterocycles. The van der Waals surface area contributed by atoms with E-state index in [4.69, 9.17) is 4.74 Å². The fourth-order valence-corrected chi connectivity index (χ4v) is 4.71. The number of likely N-dealkylation sites (N-methyl/N-ethyl adjacent to an activating group) is 1. The van der Waals surface area contributed by atoms with Crippen molar-refractivity contribution in [1.82, 2.24) is 9.29 Å². The van der Waals surface area contributed by atoms with E-state index in [0.29, 0.717) is 5.82 Å². The van der Waals surface area contributed by atoms with Gasteiger partial charge in [0, 0.05) is 31.0 Å². The van der Waals surface area contributed by atoms with Crippen LogP contribution in [0.15, 0.2) is 95.7 Å². The zero-order chi connectivity index (χ0) is 23.4. The number of sulfonamides is 1. The molecular formula is C24H20N3O5S+. The van der Waals surface area contributed by atoms with Crippen molar-refractivity contribution in [3.8, 4) is 0 Å². The molecular weight excluding hydrogens is 442 g/mol. The van der Waals surface area contributed by atoms with Crippen LogP contribution in [0.4, 0.5) is 5.82 Å². The number of rotatable bonds is 5. The summed E-state index contributed by atoms with van der Waals surface area (Å²) in [6, 6.07) is 20.2. The lowest BCUT2D eigenvalue weighted by molar-refractivity contribution is -0.484. The quantitative estimate of drug-likeness (QED) is 0.459. The summed E-state index contributed by atoms with van der Waals surface area (Å²) in [7, 11) is -2.78. The average Bonchev–Trinajstić information content (AvgIpc) is 2.83. The summed E-state index contributed by atoms with van der Waals surface area (Å²) in [6.45, 7) is 0. The second-order valence-corrected chi connectivity index (χ2v) is 9.01. The molecule has 0 atom stereocenters. The molecule has 2 aromatic carbocycles. The van der Waals surface area contributed by atoms with Gasteiger partial charge in [0.25, 0.3) is 10.0 Å². The summed E-state index contributed by atoms with van der Waals surface area (Å²) in [6.07, 6.45) is 4.30. The Bertz CT molecular complexity index is 1370. The molecule has 1 amide bonds. The molecule has 9 heteroatoms. The van der Waals surface area contributed by atoms with Gasteiger partial charge in [-0.1, -0.05) is 48.5 Å². The standard InChI is InChI=1S/C24H19N3O5S/c1-27-22(24(29)26-20-13-7-8-16-25-20)23(18-11-5-6-12-19(18)33(27,30)31)32-21(28)15-14-17-9-3-2-4-10-17/h2-16H,1H3,(H,25,26,29)/p+1. The summed E-state index contributed by atoms with van der Waals surface area (Å²) in [4.78, 5) is 29.8. The van der Waals surface area contributed by atoms with Crippen LogP contribution in [-0.2, 0) is 24.3 Å². The van der Waals surface area contributed by atoms with Crippen LogP contribution in [0.1, 0.15) is 11.1 Å². The maximum Gasteiger partial charge on any atom is 0.370 e. The van der Waals surface area contributed by atoms with Gasteiger partial charge in [-0.25, -0.2) is 28.3 Å². The molecule has 1 aliphatic heterocycles. The average molecular weight is 463 g/mol. The van der Waals surface area contributed by atoms with Crippen molar-refractivity contribution in [2.75, 3.05) is 7.05 Å². The number of quaternary nitrogens is 1. The van der Waals surface area contributed by atoms with Gasteiger partial charge in [0.1, 0.15) is 0 Å². The van der Waals surface area contributed by atoms with Crippen LogP contribution in [-0.4, -0.2) is 36.6 Å². The maximum atomic E-state index is 13.2. The SMILES string of the molecule is CN1C(C(=O)[NH2+]c2ccccn2)=C(OC(=O)C=Cc2ccccc2)c2ccccc2S1(=O)=O. The number of hydrogen-bond acceptors (Lipinski definition) is 6. The number of nitrogens with two attached hydrogens (primary N) is 1. The second kappa shape index (κ2) is 9.19. The first kappa shape index (κ1) is 22.1. The Morgan fingerprint density at radius 3 is 2.39 bits per heavy atom.